The van der Waals surface area contributed by atoms with Crippen molar-refractivity contribution in [3.8, 4) is 0 Å². The highest BCUT2D eigenvalue weighted by molar-refractivity contribution is 5.80. The molecule has 0 radical (unpaired) electrons. The van der Waals surface area contributed by atoms with Crippen LogP contribution in [0.4, 0.5) is 0 Å². The number of hydrogen-bond acceptors (Lipinski definition) is 3. The molecule has 1 saturated heterocycles. The lowest BCUT2D eigenvalue weighted by Crippen LogP contribution is -2.39. The van der Waals surface area contributed by atoms with Crippen molar-refractivity contribution in [2.45, 2.75) is 45.0 Å². The molecule has 1 heterocycles. The Bertz CT molecular complexity index is 206. The van der Waals surface area contributed by atoms with Crippen molar-refractivity contribution in [3.05, 3.63) is 0 Å². The molecule has 1 N–H and O–H groups in total. The predicted molar refractivity (Wildman–Crippen MR) is 52.9 cm³/mol. The average molecular weight is 201 g/mol. The Labute approximate surface area is 84.8 Å². The number of rotatable bonds is 3. The Kier molecular flexibility index (Phi) is 3.89. The fraction of sp³-hybridized carbons (Fsp3) is 0.900. The van der Waals surface area contributed by atoms with Crippen molar-refractivity contribution < 1.29 is 14.6 Å². The molecule has 1 fully saturated rings. The number of carbonyl (C=O) groups is 1. The second-order valence-corrected chi connectivity index (χ2v) is 4.08. The van der Waals surface area contributed by atoms with Crippen molar-refractivity contribution >= 4 is 5.91 Å². The molecule has 1 aliphatic heterocycles. The van der Waals surface area contributed by atoms with Gasteiger partial charge in [-0.25, -0.2) is 0 Å². The maximum Gasteiger partial charge on any atom is 0.251 e. The molecule has 1 rings (SSSR count). The van der Waals surface area contributed by atoms with Gasteiger partial charge in [0, 0.05) is 13.6 Å². The summed E-state index contributed by atoms with van der Waals surface area (Å²) in [5, 5.41) is 9.13. The Morgan fingerprint density at radius 1 is 1.64 bits per heavy atom. The maximum atomic E-state index is 11.7. The number of hydrogen-bond donors (Lipinski definition) is 1. The van der Waals surface area contributed by atoms with Crippen LogP contribution in [0.2, 0.25) is 0 Å². The van der Waals surface area contributed by atoms with Gasteiger partial charge < -0.3 is 14.7 Å². The lowest BCUT2D eigenvalue weighted by molar-refractivity contribution is -0.142. The number of ether oxygens (including phenoxy) is 1. The third-order valence-electron chi connectivity index (χ3n) is 2.42. The molecule has 0 aliphatic carbocycles. The molecule has 0 bridgehead atoms. The highest BCUT2D eigenvalue weighted by Gasteiger charge is 2.30. The van der Waals surface area contributed by atoms with E-state index < -0.39 is 6.10 Å². The van der Waals surface area contributed by atoms with E-state index in [1.54, 1.807) is 14.0 Å². The average Bonchev–Trinajstić information content (AvgIpc) is 2.49. The number of carbonyl (C=O) groups excluding carboxylic acids is 1. The molecule has 14 heavy (non-hydrogen) atoms. The number of nitrogens with zero attached hydrogens (tertiary/aromatic N) is 1. The molecule has 3 atom stereocenters. The number of aliphatic hydroxyl groups is 1. The van der Waals surface area contributed by atoms with Crippen LogP contribution < -0.4 is 0 Å². The summed E-state index contributed by atoms with van der Waals surface area (Å²) in [6, 6.07) is 0. The van der Waals surface area contributed by atoms with Crippen molar-refractivity contribution in [2.75, 3.05) is 13.6 Å². The molecular formula is C10H19NO3. The molecule has 0 spiro atoms. The van der Waals surface area contributed by atoms with Crippen molar-refractivity contribution in [1.82, 2.24) is 4.90 Å². The second-order valence-electron chi connectivity index (χ2n) is 4.08. The van der Waals surface area contributed by atoms with Gasteiger partial charge in [0.05, 0.1) is 12.2 Å². The third-order valence-corrected chi connectivity index (χ3v) is 2.42. The summed E-state index contributed by atoms with van der Waals surface area (Å²) >= 11 is 0. The zero-order valence-electron chi connectivity index (χ0n) is 9.06. The molecule has 0 saturated carbocycles. The van der Waals surface area contributed by atoms with Gasteiger partial charge in [-0.1, -0.05) is 0 Å². The Hall–Kier alpha value is -0.610. The first kappa shape index (κ1) is 11.5. The van der Waals surface area contributed by atoms with Crippen molar-refractivity contribution in [3.63, 3.8) is 0 Å². The summed E-state index contributed by atoms with van der Waals surface area (Å²) in [7, 11) is 1.70. The smallest absolute Gasteiger partial charge is 0.251 e. The first-order chi connectivity index (χ1) is 6.50. The Morgan fingerprint density at radius 3 is 2.71 bits per heavy atom. The highest BCUT2D eigenvalue weighted by Crippen LogP contribution is 2.20. The third kappa shape index (κ3) is 2.96. The van der Waals surface area contributed by atoms with E-state index in [0.29, 0.717) is 6.54 Å². The van der Waals surface area contributed by atoms with Gasteiger partial charge >= 0.3 is 0 Å². The van der Waals surface area contributed by atoms with Crippen LogP contribution in [0.5, 0.6) is 0 Å². The van der Waals surface area contributed by atoms with E-state index in [1.165, 1.54) is 4.90 Å². The number of aliphatic hydroxyl groups excluding tert-OH is 1. The zero-order valence-corrected chi connectivity index (χ0v) is 9.06. The van der Waals surface area contributed by atoms with Gasteiger partial charge in [0.15, 0.2) is 0 Å². The predicted octanol–water partition coefficient (Wildman–Crippen LogP) is 0.393. The van der Waals surface area contributed by atoms with Crippen LogP contribution in [0, 0.1) is 0 Å². The molecule has 1 amide bonds. The summed E-state index contributed by atoms with van der Waals surface area (Å²) in [5.41, 5.74) is 0. The topological polar surface area (TPSA) is 49.8 Å². The molecule has 0 aromatic rings. The summed E-state index contributed by atoms with van der Waals surface area (Å²) in [6.07, 6.45) is 1.14. The van der Waals surface area contributed by atoms with E-state index in [1.807, 2.05) is 6.92 Å². The van der Waals surface area contributed by atoms with Gasteiger partial charge in [-0.2, -0.15) is 0 Å². The van der Waals surface area contributed by atoms with Gasteiger partial charge in [-0.15, -0.1) is 0 Å². The quantitative estimate of drug-likeness (QED) is 0.718. The van der Waals surface area contributed by atoms with E-state index in [2.05, 4.69) is 0 Å². The van der Waals surface area contributed by atoms with Crippen LogP contribution in [0.25, 0.3) is 0 Å². The van der Waals surface area contributed by atoms with Crippen LogP contribution >= 0.6 is 0 Å². The van der Waals surface area contributed by atoms with Crippen LogP contribution in [0.3, 0.4) is 0 Å². The Morgan fingerprint density at radius 2 is 2.29 bits per heavy atom. The number of amides is 1. The standard InChI is InChI=1S/C10H19NO3/c1-7(12)6-11(3)10(13)9-5-4-8(2)14-9/h7-9,12H,4-6H2,1-3H3. The number of likely N-dealkylation sites (N-methyl/N-ethyl adjacent to an activating group) is 1. The van der Waals surface area contributed by atoms with Gasteiger partial charge in [0.2, 0.25) is 0 Å². The SMILES string of the molecule is CC(O)CN(C)C(=O)C1CCC(C)O1. The molecule has 0 aromatic carbocycles. The highest BCUT2D eigenvalue weighted by atomic mass is 16.5. The first-order valence-electron chi connectivity index (χ1n) is 5.09. The van der Waals surface area contributed by atoms with E-state index in [4.69, 9.17) is 9.84 Å². The molecule has 3 unspecified atom stereocenters. The fourth-order valence-electron chi connectivity index (χ4n) is 1.72. The first-order valence-corrected chi connectivity index (χ1v) is 5.09. The van der Waals surface area contributed by atoms with Crippen LogP contribution in [-0.4, -0.2) is 47.8 Å². The van der Waals surface area contributed by atoms with E-state index in [9.17, 15) is 4.79 Å². The van der Waals surface area contributed by atoms with Gasteiger partial charge in [0.1, 0.15) is 6.10 Å². The van der Waals surface area contributed by atoms with Crippen LogP contribution in [0.15, 0.2) is 0 Å². The Balaban J connectivity index is 2.40. The van der Waals surface area contributed by atoms with Gasteiger partial charge in [0.25, 0.3) is 5.91 Å². The summed E-state index contributed by atoms with van der Waals surface area (Å²) in [5.74, 6) is -0.0183. The molecule has 82 valence electrons. The maximum absolute atomic E-state index is 11.7. The van der Waals surface area contributed by atoms with E-state index in [0.717, 1.165) is 12.8 Å². The molecule has 4 heteroatoms. The minimum absolute atomic E-state index is 0.0183. The summed E-state index contributed by atoms with van der Waals surface area (Å²) < 4.78 is 5.45. The van der Waals surface area contributed by atoms with Crippen LogP contribution in [-0.2, 0) is 9.53 Å². The normalized spacial score (nSPS) is 28.9. The lowest BCUT2D eigenvalue weighted by Gasteiger charge is -2.22. The monoisotopic (exact) mass is 201 g/mol. The minimum Gasteiger partial charge on any atom is -0.392 e. The molecular weight excluding hydrogens is 182 g/mol. The zero-order chi connectivity index (χ0) is 10.7. The van der Waals surface area contributed by atoms with E-state index >= 15 is 0 Å². The van der Waals surface area contributed by atoms with Crippen molar-refractivity contribution in [1.29, 1.82) is 0 Å². The minimum atomic E-state index is -0.484. The molecule has 0 aromatic heterocycles. The molecule has 1 aliphatic rings. The van der Waals surface area contributed by atoms with E-state index in [-0.39, 0.29) is 18.1 Å². The largest absolute Gasteiger partial charge is 0.392 e. The summed E-state index contributed by atoms with van der Waals surface area (Å²) in [6.45, 7) is 4.01. The molecule has 4 nitrogen and oxygen atoms in total. The second kappa shape index (κ2) is 4.75. The van der Waals surface area contributed by atoms with Gasteiger partial charge in [-0.05, 0) is 26.7 Å². The lowest BCUT2D eigenvalue weighted by atomic mass is 10.2. The summed E-state index contributed by atoms with van der Waals surface area (Å²) in [4.78, 5) is 13.3. The van der Waals surface area contributed by atoms with Gasteiger partial charge in [-0.3, -0.25) is 4.79 Å². The fourth-order valence-corrected chi connectivity index (χ4v) is 1.72. The van der Waals surface area contributed by atoms with Crippen LogP contribution in [0.1, 0.15) is 26.7 Å². The van der Waals surface area contributed by atoms with Crippen molar-refractivity contribution in [2.24, 2.45) is 0 Å².